The van der Waals surface area contributed by atoms with Gasteiger partial charge in [0.2, 0.25) is 11.8 Å². The first kappa shape index (κ1) is 10.9. The van der Waals surface area contributed by atoms with E-state index in [0.29, 0.717) is 0 Å². The number of hydrogen-bond donors (Lipinski definition) is 3. The van der Waals surface area contributed by atoms with Gasteiger partial charge < -0.3 is 16.8 Å². The van der Waals surface area contributed by atoms with E-state index in [1.165, 1.54) is 7.05 Å². The summed E-state index contributed by atoms with van der Waals surface area (Å²) in [5, 5.41) is 2.30. The van der Waals surface area contributed by atoms with Gasteiger partial charge in [0.25, 0.3) is 0 Å². The second-order valence-electron chi connectivity index (χ2n) is 2.97. The van der Waals surface area contributed by atoms with Crippen LogP contribution in [-0.4, -0.2) is 24.4 Å². The van der Waals surface area contributed by atoms with Crippen molar-refractivity contribution in [3.63, 3.8) is 0 Å². The summed E-state index contributed by atoms with van der Waals surface area (Å²) in [6, 6.07) is 0. The van der Waals surface area contributed by atoms with E-state index in [2.05, 4.69) is 5.32 Å². The van der Waals surface area contributed by atoms with Gasteiger partial charge >= 0.3 is 0 Å². The molecule has 0 aliphatic rings. The van der Waals surface area contributed by atoms with Crippen LogP contribution in [0.15, 0.2) is 0 Å². The highest BCUT2D eigenvalue weighted by atomic mass is 16.2. The van der Waals surface area contributed by atoms with Gasteiger partial charge in [0.05, 0.1) is 0 Å². The Morgan fingerprint density at radius 1 is 1.42 bits per heavy atom. The van der Waals surface area contributed by atoms with Crippen molar-refractivity contribution in [1.29, 1.82) is 0 Å². The molecule has 1 atom stereocenters. The predicted molar refractivity (Wildman–Crippen MR) is 45.0 cm³/mol. The highest BCUT2D eigenvalue weighted by Crippen LogP contribution is 2.13. The highest BCUT2D eigenvalue weighted by Gasteiger charge is 2.42. The molecule has 5 nitrogen and oxygen atoms in total. The van der Waals surface area contributed by atoms with Crippen molar-refractivity contribution >= 4 is 11.8 Å². The SMILES string of the molecule is CNC(=O)[C@@](N)(C(N)=O)C(C)C. The first-order valence-corrected chi connectivity index (χ1v) is 3.68. The van der Waals surface area contributed by atoms with Crippen molar-refractivity contribution in [2.24, 2.45) is 17.4 Å². The van der Waals surface area contributed by atoms with Crippen LogP contribution in [0.5, 0.6) is 0 Å². The third-order valence-corrected chi connectivity index (χ3v) is 1.92. The van der Waals surface area contributed by atoms with E-state index in [1.807, 2.05) is 0 Å². The number of amides is 2. The minimum atomic E-state index is -1.60. The molecule has 0 rings (SSSR count). The minimum absolute atomic E-state index is 0.324. The molecule has 0 saturated carbocycles. The number of rotatable bonds is 3. The lowest BCUT2D eigenvalue weighted by atomic mass is 9.86. The zero-order valence-electron chi connectivity index (χ0n) is 7.55. The average Bonchev–Trinajstić information content (AvgIpc) is 2.00. The van der Waals surface area contributed by atoms with Crippen LogP contribution in [0.25, 0.3) is 0 Å². The standard InChI is InChI=1S/C7H15N3O2/c1-4(2)7(9,5(8)11)6(12)10-3/h4H,9H2,1-3H3,(H2,8,11)(H,10,12)/t7-/m0/s1. The number of nitrogens with one attached hydrogen (secondary N) is 1. The van der Waals surface area contributed by atoms with E-state index < -0.39 is 17.4 Å². The second kappa shape index (κ2) is 3.53. The fourth-order valence-corrected chi connectivity index (χ4v) is 0.865. The number of hydrogen-bond acceptors (Lipinski definition) is 3. The summed E-state index contributed by atoms with van der Waals surface area (Å²) >= 11 is 0. The quantitative estimate of drug-likeness (QED) is 0.456. The highest BCUT2D eigenvalue weighted by molar-refractivity contribution is 6.09. The van der Waals surface area contributed by atoms with Crippen LogP contribution >= 0.6 is 0 Å². The molecule has 0 saturated heterocycles. The van der Waals surface area contributed by atoms with Crippen LogP contribution in [0, 0.1) is 5.92 Å². The molecule has 0 bridgehead atoms. The molecule has 2 amide bonds. The molecular formula is C7H15N3O2. The van der Waals surface area contributed by atoms with Gasteiger partial charge in [0.1, 0.15) is 0 Å². The average molecular weight is 173 g/mol. The lowest BCUT2D eigenvalue weighted by Crippen LogP contribution is -2.64. The first-order chi connectivity index (χ1) is 5.37. The molecule has 0 unspecified atom stereocenters. The third-order valence-electron chi connectivity index (χ3n) is 1.92. The third kappa shape index (κ3) is 1.55. The zero-order chi connectivity index (χ0) is 9.94. The van der Waals surface area contributed by atoms with Gasteiger partial charge in [-0.15, -0.1) is 0 Å². The minimum Gasteiger partial charge on any atom is -0.368 e. The zero-order valence-corrected chi connectivity index (χ0v) is 7.55. The number of carbonyl (C=O) groups is 2. The van der Waals surface area contributed by atoms with Gasteiger partial charge in [-0.05, 0) is 5.92 Å². The van der Waals surface area contributed by atoms with Crippen LogP contribution in [0.4, 0.5) is 0 Å². The molecule has 70 valence electrons. The van der Waals surface area contributed by atoms with Gasteiger partial charge in [0.15, 0.2) is 5.54 Å². The molecule has 0 fully saturated rings. The summed E-state index contributed by atoms with van der Waals surface area (Å²) in [6.45, 7) is 3.33. The van der Waals surface area contributed by atoms with E-state index in [1.54, 1.807) is 13.8 Å². The largest absolute Gasteiger partial charge is 0.368 e. The second-order valence-corrected chi connectivity index (χ2v) is 2.97. The summed E-state index contributed by atoms with van der Waals surface area (Å²) in [6.07, 6.45) is 0. The molecule has 0 aliphatic carbocycles. The molecule has 12 heavy (non-hydrogen) atoms. The molecule has 5 heteroatoms. The Bertz CT molecular complexity index is 203. The van der Waals surface area contributed by atoms with Crippen LogP contribution in [0.3, 0.4) is 0 Å². The Kier molecular flexibility index (Phi) is 3.21. The molecular weight excluding hydrogens is 158 g/mol. The molecule has 5 N–H and O–H groups in total. The molecule has 0 spiro atoms. The molecule has 0 aliphatic heterocycles. The summed E-state index contributed by atoms with van der Waals surface area (Å²) in [5.74, 6) is -1.68. The Morgan fingerprint density at radius 3 is 1.92 bits per heavy atom. The maximum Gasteiger partial charge on any atom is 0.249 e. The smallest absolute Gasteiger partial charge is 0.249 e. The maximum atomic E-state index is 11.2. The molecule has 0 radical (unpaired) electrons. The number of primary amides is 1. The van der Waals surface area contributed by atoms with Crippen LogP contribution in [-0.2, 0) is 9.59 Å². The van der Waals surface area contributed by atoms with Crippen molar-refractivity contribution in [2.75, 3.05) is 7.05 Å². The van der Waals surface area contributed by atoms with E-state index in [0.717, 1.165) is 0 Å². The maximum absolute atomic E-state index is 11.2. The van der Waals surface area contributed by atoms with Gasteiger partial charge in [-0.1, -0.05) is 13.8 Å². The van der Waals surface area contributed by atoms with Crippen molar-refractivity contribution in [3.8, 4) is 0 Å². The van der Waals surface area contributed by atoms with E-state index in [9.17, 15) is 9.59 Å². The summed E-state index contributed by atoms with van der Waals surface area (Å²) < 4.78 is 0. The Hall–Kier alpha value is -1.10. The Labute approximate surface area is 71.5 Å². The fourth-order valence-electron chi connectivity index (χ4n) is 0.865. The fraction of sp³-hybridized carbons (Fsp3) is 0.714. The van der Waals surface area contributed by atoms with E-state index in [4.69, 9.17) is 11.5 Å². The Balaban J connectivity index is 4.87. The number of likely N-dealkylation sites (N-methyl/N-ethyl adjacent to an activating group) is 1. The van der Waals surface area contributed by atoms with Crippen LogP contribution in [0.2, 0.25) is 0 Å². The van der Waals surface area contributed by atoms with Crippen molar-refractivity contribution < 1.29 is 9.59 Å². The summed E-state index contributed by atoms with van der Waals surface area (Å²) in [5.41, 5.74) is 8.97. The molecule has 0 aromatic rings. The molecule has 0 heterocycles. The topological polar surface area (TPSA) is 98.2 Å². The predicted octanol–water partition coefficient (Wildman–Crippen LogP) is -1.43. The monoisotopic (exact) mass is 173 g/mol. The van der Waals surface area contributed by atoms with Gasteiger partial charge in [0, 0.05) is 7.05 Å². The first-order valence-electron chi connectivity index (χ1n) is 3.68. The number of carbonyl (C=O) groups excluding carboxylic acids is 2. The van der Waals surface area contributed by atoms with Gasteiger partial charge in [-0.3, -0.25) is 9.59 Å². The van der Waals surface area contributed by atoms with Gasteiger partial charge in [-0.25, -0.2) is 0 Å². The van der Waals surface area contributed by atoms with Gasteiger partial charge in [-0.2, -0.15) is 0 Å². The number of nitrogens with two attached hydrogens (primary N) is 2. The lowest BCUT2D eigenvalue weighted by molar-refractivity contribution is -0.137. The van der Waals surface area contributed by atoms with Crippen molar-refractivity contribution in [3.05, 3.63) is 0 Å². The molecule has 0 aromatic heterocycles. The Morgan fingerprint density at radius 2 is 1.83 bits per heavy atom. The van der Waals surface area contributed by atoms with Crippen molar-refractivity contribution in [1.82, 2.24) is 5.32 Å². The summed E-state index contributed by atoms with van der Waals surface area (Å²) in [7, 11) is 1.41. The van der Waals surface area contributed by atoms with Crippen LogP contribution in [0.1, 0.15) is 13.8 Å². The normalized spacial score (nSPS) is 15.4. The van der Waals surface area contributed by atoms with E-state index in [-0.39, 0.29) is 5.92 Å². The lowest BCUT2D eigenvalue weighted by Gasteiger charge is -2.27. The van der Waals surface area contributed by atoms with Crippen LogP contribution < -0.4 is 16.8 Å². The van der Waals surface area contributed by atoms with Crippen molar-refractivity contribution in [2.45, 2.75) is 19.4 Å². The summed E-state index contributed by atoms with van der Waals surface area (Å²) in [4.78, 5) is 22.1. The molecule has 0 aromatic carbocycles. The van der Waals surface area contributed by atoms with E-state index >= 15 is 0 Å².